The van der Waals surface area contributed by atoms with Gasteiger partial charge in [-0.15, -0.1) is 11.3 Å². The van der Waals surface area contributed by atoms with Crippen molar-refractivity contribution in [1.82, 2.24) is 4.90 Å². The van der Waals surface area contributed by atoms with Gasteiger partial charge in [-0.3, -0.25) is 4.90 Å². The summed E-state index contributed by atoms with van der Waals surface area (Å²) in [6.45, 7) is 7.08. The van der Waals surface area contributed by atoms with Gasteiger partial charge in [0.05, 0.1) is 23.0 Å². The van der Waals surface area contributed by atoms with Crippen LogP contribution in [0.3, 0.4) is 0 Å². The zero-order chi connectivity index (χ0) is 16.3. The van der Waals surface area contributed by atoms with E-state index in [1.807, 2.05) is 26.8 Å². The maximum Gasteiger partial charge on any atom is 0.410 e. The molecule has 124 valence electrons. The predicted octanol–water partition coefficient (Wildman–Crippen LogP) is 3.02. The second-order valence-electron chi connectivity index (χ2n) is 6.39. The summed E-state index contributed by atoms with van der Waals surface area (Å²) in [4.78, 5) is 15.3. The molecule has 2 atom stereocenters. The maximum absolute atomic E-state index is 12.4. The molecular formula is C15H23BrN2O3S. The lowest BCUT2D eigenvalue weighted by Gasteiger charge is -2.39. The standard InChI is InChI=1S/C15H23BrN2O3S/c1-15(2,3)21-14(19)18-6-7-20-9-12(18)11(17)8-10-4-5-13(16)22-10/h4-5,11-12H,6-9,17H2,1-3H3. The molecule has 1 aromatic rings. The van der Waals surface area contributed by atoms with E-state index in [-0.39, 0.29) is 18.2 Å². The number of halogens is 1. The highest BCUT2D eigenvalue weighted by atomic mass is 79.9. The molecule has 2 unspecified atom stereocenters. The minimum Gasteiger partial charge on any atom is -0.444 e. The van der Waals surface area contributed by atoms with Gasteiger partial charge >= 0.3 is 6.09 Å². The number of nitrogens with two attached hydrogens (primary N) is 1. The van der Waals surface area contributed by atoms with Gasteiger partial charge in [-0.2, -0.15) is 0 Å². The Bertz CT molecular complexity index is 515. The fourth-order valence-electron chi connectivity index (χ4n) is 2.35. The number of rotatable bonds is 3. The van der Waals surface area contributed by atoms with Crippen LogP contribution in [0.1, 0.15) is 25.6 Å². The zero-order valence-corrected chi connectivity index (χ0v) is 15.6. The molecule has 1 aliphatic heterocycles. The quantitative estimate of drug-likeness (QED) is 0.861. The van der Waals surface area contributed by atoms with Crippen LogP contribution < -0.4 is 5.73 Å². The van der Waals surface area contributed by atoms with Gasteiger partial charge in [0.2, 0.25) is 0 Å². The number of hydrogen-bond donors (Lipinski definition) is 1. The lowest BCUT2D eigenvalue weighted by Crippen LogP contribution is -2.58. The monoisotopic (exact) mass is 390 g/mol. The summed E-state index contributed by atoms with van der Waals surface area (Å²) in [5.41, 5.74) is 5.83. The maximum atomic E-state index is 12.4. The largest absolute Gasteiger partial charge is 0.444 e. The van der Waals surface area contributed by atoms with Crippen molar-refractivity contribution in [3.8, 4) is 0 Å². The number of nitrogens with zero attached hydrogens (tertiary/aromatic N) is 1. The molecule has 1 amide bonds. The van der Waals surface area contributed by atoms with Gasteiger partial charge in [-0.25, -0.2) is 4.79 Å². The van der Waals surface area contributed by atoms with Crippen LogP contribution in [0.5, 0.6) is 0 Å². The molecule has 0 spiro atoms. The summed E-state index contributed by atoms with van der Waals surface area (Å²) in [6, 6.07) is 3.72. The van der Waals surface area contributed by atoms with Crippen molar-refractivity contribution in [2.75, 3.05) is 19.8 Å². The first kappa shape index (κ1) is 17.7. The summed E-state index contributed by atoms with van der Waals surface area (Å²) in [5.74, 6) is 0. The lowest BCUT2D eigenvalue weighted by atomic mass is 10.0. The van der Waals surface area contributed by atoms with Crippen molar-refractivity contribution in [1.29, 1.82) is 0 Å². The summed E-state index contributed by atoms with van der Waals surface area (Å²) < 4.78 is 12.1. The van der Waals surface area contributed by atoms with E-state index in [9.17, 15) is 4.79 Å². The van der Waals surface area contributed by atoms with Crippen molar-refractivity contribution in [3.63, 3.8) is 0 Å². The van der Waals surface area contributed by atoms with Gasteiger partial charge < -0.3 is 15.2 Å². The molecule has 2 rings (SSSR count). The number of carbonyl (C=O) groups excluding carboxylic acids is 1. The van der Waals surface area contributed by atoms with E-state index >= 15 is 0 Å². The van der Waals surface area contributed by atoms with E-state index < -0.39 is 5.60 Å². The molecule has 5 nitrogen and oxygen atoms in total. The molecule has 2 N–H and O–H groups in total. The molecule has 0 bridgehead atoms. The number of amides is 1. The van der Waals surface area contributed by atoms with Crippen LogP contribution in [0.15, 0.2) is 15.9 Å². The molecular weight excluding hydrogens is 368 g/mol. The van der Waals surface area contributed by atoms with Gasteiger partial charge in [0.25, 0.3) is 0 Å². The minimum atomic E-state index is -0.511. The van der Waals surface area contributed by atoms with E-state index in [0.29, 0.717) is 26.2 Å². The third-order valence-electron chi connectivity index (χ3n) is 3.35. The number of thiophene rings is 1. The average molecular weight is 391 g/mol. The Balaban J connectivity index is 2.03. The molecule has 7 heteroatoms. The first-order chi connectivity index (χ1) is 10.3. The van der Waals surface area contributed by atoms with Crippen molar-refractivity contribution >= 4 is 33.4 Å². The van der Waals surface area contributed by atoms with Crippen molar-refractivity contribution in [2.45, 2.75) is 44.9 Å². The Morgan fingerprint density at radius 1 is 1.59 bits per heavy atom. The Labute approximate surface area is 143 Å². The topological polar surface area (TPSA) is 64.8 Å². The normalized spacial score (nSPS) is 20.8. The predicted molar refractivity (Wildman–Crippen MR) is 91.2 cm³/mol. The molecule has 22 heavy (non-hydrogen) atoms. The van der Waals surface area contributed by atoms with E-state index in [1.165, 1.54) is 4.88 Å². The molecule has 2 heterocycles. The number of carbonyl (C=O) groups is 1. The van der Waals surface area contributed by atoms with Crippen molar-refractivity contribution < 1.29 is 14.3 Å². The fourth-order valence-corrected chi connectivity index (χ4v) is 3.91. The van der Waals surface area contributed by atoms with E-state index in [0.717, 1.165) is 3.79 Å². The number of ether oxygens (including phenoxy) is 2. The number of hydrogen-bond acceptors (Lipinski definition) is 5. The fraction of sp³-hybridized carbons (Fsp3) is 0.667. The van der Waals surface area contributed by atoms with Crippen molar-refractivity contribution in [3.05, 3.63) is 20.8 Å². The van der Waals surface area contributed by atoms with Crippen LogP contribution in [0.25, 0.3) is 0 Å². The molecule has 1 saturated heterocycles. The highest BCUT2D eigenvalue weighted by molar-refractivity contribution is 9.11. The third-order valence-corrected chi connectivity index (χ3v) is 5.00. The van der Waals surface area contributed by atoms with Crippen LogP contribution in [-0.4, -0.2) is 48.4 Å². The van der Waals surface area contributed by atoms with Gasteiger partial charge in [-0.05, 0) is 55.3 Å². The highest BCUT2D eigenvalue weighted by Gasteiger charge is 2.34. The summed E-state index contributed by atoms with van der Waals surface area (Å²) in [7, 11) is 0. The van der Waals surface area contributed by atoms with Crippen LogP contribution >= 0.6 is 27.3 Å². The average Bonchev–Trinajstić information content (AvgIpc) is 2.82. The second kappa shape index (κ2) is 7.29. The SMILES string of the molecule is CC(C)(C)OC(=O)N1CCOCC1C(N)Cc1ccc(Br)s1. The Hall–Kier alpha value is -0.630. The summed E-state index contributed by atoms with van der Waals surface area (Å²) >= 11 is 5.12. The lowest BCUT2D eigenvalue weighted by molar-refractivity contribution is -0.0378. The smallest absolute Gasteiger partial charge is 0.410 e. The summed E-state index contributed by atoms with van der Waals surface area (Å²) in [5, 5.41) is 0. The Kier molecular flexibility index (Phi) is 5.87. The van der Waals surface area contributed by atoms with E-state index in [1.54, 1.807) is 16.2 Å². The van der Waals surface area contributed by atoms with Crippen molar-refractivity contribution in [2.24, 2.45) is 5.73 Å². The first-order valence-corrected chi connectivity index (χ1v) is 8.94. The minimum absolute atomic E-state index is 0.163. The molecule has 1 aliphatic rings. The second-order valence-corrected chi connectivity index (χ2v) is 8.94. The molecule has 1 aromatic heterocycles. The molecule has 1 fully saturated rings. The van der Waals surface area contributed by atoms with Gasteiger partial charge in [0.15, 0.2) is 0 Å². The third kappa shape index (κ3) is 4.94. The van der Waals surface area contributed by atoms with Gasteiger partial charge in [-0.1, -0.05) is 0 Å². The molecule has 0 saturated carbocycles. The molecule has 0 radical (unpaired) electrons. The summed E-state index contributed by atoms with van der Waals surface area (Å²) in [6.07, 6.45) is 0.396. The molecule has 0 aliphatic carbocycles. The van der Waals surface area contributed by atoms with Gasteiger partial charge in [0.1, 0.15) is 5.60 Å². The highest BCUT2D eigenvalue weighted by Crippen LogP contribution is 2.24. The van der Waals surface area contributed by atoms with Gasteiger partial charge in [0, 0.05) is 17.5 Å². The van der Waals surface area contributed by atoms with Crippen LogP contribution in [-0.2, 0) is 15.9 Å². The Morgan fingerprint density at radius 3 is 2.91 bits per heavy atom. The Morgan fingerprint density at radius 2 is 2.32 bits per heavy atom. The van der Waals surface area contributed by atoms with E-state index in [4.69, 9.17) is 15.2 Å². The van der Waals surface area contributed by atoms with E-state index in [2.05, 4.69) is 22.0 Å². The molecule has 0 aromatic carbocycles. The van der Waals surface area contributed by atoms with Crippen LogP contribution in [0, 0.1) is 0 Å². The first-order valence-electron chi connectivity index (χ1n) is 7.33. The zero-order valence-electron chi connectivity index (χ0n) is 13.2. The van der Waals surface area contributed by atoms with Crippen LogP contribution in [0.2, 0.25) is 0 Å². The van der Waals surface area contributed by atoms with Crippen LogP contribution in [0.4, 0.5) is 4.79 Å². The number of morpholine rings is 1.